The lowest BCUT2D eigenvalue weighted by Crippen LogP contribution is -2.30. The van der Waals surface area contributed by atoms with Crippen LogP contribution in [0.25, 0.3) is 0 Å². The fourth-order valence-corrected chi connectivity index (χ4v) is 3.89. The maximum atomic E-state index is 4.66. The van der Waals surface area contributed by atoms with Crippen LogP contribution in [0.4, 0.5) is 0 Å². The van der Waals surface area contributed by atoms with Crippen LogP contribution in [0.1, 0.15) is 25.3 Å². The zero-order valence-electron chi connectivity index (χ0n) is 14.2. The van der Waals surface area contributed by atoms with Gasteiger partial charge in [-0.2, -0.15) is 0 Å². The Kier molecular flexibility index (Phi) is 6.13. The Balaban J connectivity index is 1.76. The Hall–Kier alpha value is -2.00. The van der Waals surface area contributed by atoms with Crippen molar-refractivity contribution in [1.29, 1.82) is 0 Å². The van der Waals surface area contributed by atoms with E-state index in [0.717, 1.165) is 37.5 Å². The molecule has 0 bridgehead atoms. The summed E-state index contributed by atoms with van der Waals surface area (Å²) < 4.78 is 0. The Morgan fingerprint density at radius 3 is 3.04 bits per heavy atom. The minimum absolute atomic E-state index is 0.924. The van der Waals surface area contributed by atoms with Crippen molar-refractivity contribution < 1.29 is 0 Å². The van der Waals surface area contributed by atoms with Gasteiger partial charge in [-0.05, 0) is 37.0 Å². The lowest BCUT2D eigenvalue weighted by atomic mass is 9.99. The first-order valence-corrected chi connectivity index (χ1v) is 9.55. The summed E-state index contributed by atoms with van der Waals surface area (Å²) >= 11 is 1.90. The van der Waals surface area contributed by atoms with Crippen LogP contribution in [0.5, 0.6) is 0 Å². The van der Waals surface area contributed by atoms with Crippen LogP contribution >= 0.6 is 11.8 Å². The largest absolute Gasteiger partial charge is 0.370 e. The molecule has 0 unspecified atom stereocenters. The quantitative estimate of drug-likeness (QED) is 0.773. The van der Waals surface area contributed by atoms with Gasteiger partial charge in [0.2, 0.25) is 0 Å². The smallest absolute Gasteiger partial charge is 0.129 e. The van der Waals surface area contributed by atoms with Crippen molar-refractivity contribution in [2.45, 2.75) is 24.7 Å². The van der Waals surface area contributed by atoms with E-state index in [4.69, 9.17) is 0 Å². The van der Waals surface area contributed by atoms with Gasteiger partial charge in [0.05, 0.1) is 0 Å². The fraction of sp³-hybridized carbons (Fsp3) is 0.286. The molecule has 3 rings (SSSR count). The van der Waals surface area contributed by atoms with E-state index in [1.807, 2.05) is 11.8 Å². The average molecular weight is 337 g/mol. The molecule has 1 heterocycles. The number of nitrogens with zero attached hydrogens (tertiary/aromatic N) is 1. The molecule has 0 fully saturated rings. The molecule has 0 saturated carbocycles. The molecule has 3 heteroatoms. The second-order valence-corrected chi connectivity index (χ2v) is 6.85. The normalized spacial score (nSPS) is 19.3. The topological polar surface area (TPSA) is 24.4 Å². The molecule has 1 aromatic carbocycles. The summed E-state index contributed by atoms with van der Waals surface area (Å²) in [6.45, 7) is 4.00. The van der Waals surface area contributed by atoms with E-state index in [-0.39, 0.29) is 0 Å². The van der Waals surface area contributed by atoms with E-state index in [0.29, 0.717) is 0 Å². The molecule has 24 heavy (non-hydrogen) atoms. The summed E-state index contributed by atoms with van der Waals surface area (Å²) in [6, 6.07) is 8.58. The van der Waals surface area contributed by atoms with Gasteiger partial charge in [0.1, 0.15) is 5.84 Å². The van der Waals surface area contributed by atoms with Crippen LogP contribution in [0, 0.1) is 0 Å². The third-order valence-corrected chi connectivity index (χ3v) is 5.22. The SMILES string of the molecule is C/C=C\C=C1/CC=CC=C1CSc1ccccc1C1=NCCCN1. The maximum absolute atomic E-state index is 4.66. The molecule has 2 nitrogen and oxygen atoms in total. The Labute approximate surface area is 149 Å². The third kappa shape index (κ3) is 4.30. The number of hydrogen-bond acceptors (Lipinski definition) is 3. The maximum Gasteiger partial charge on any atom is 0.129 e. The van der Waals surface area contributed by atoms with Crippen LogP contribution < -0.4 is 5.32 Å². The van der Waals surface area contributed by atoms with Gasteiger partial charge in [0.15, 0.2) is 0 Å². The molecule has 0 aromatic heterocycles. The molecule has 0 atom stereocenters. The molecule has 124 valence electrons. The van der Waals surface area contributed by atoms with E-state index in [2.05, 4.69) is 78.0 Å². The number of thioether (sulfide) groups is 1. The lowest BCUT2D eigenvalue weighted by Gasteiger charge is -2.18. The molecule has 1 aliphatic heterocycles. The van der Waals surface area contributed by atoms with E-state index < -0.39 is 0 Å². The van der Waals surface area contributed by atoms with Crippen LogP contribution in [0.15, 0.2) is 81.8 Å². The van der Waals surface area contributed by atoms with Crippen molar-refractivity contribution >= 4 is 17.6 Å². The summed E-state index contributed by atoms with van der Waals surface area (Å²) in [4.78, 5) is 5.95. The predicted octanol–water partition coefficient (Wildman–Crippen LogP) is 4.91. The van der Waals surface area contributed by atoms with Gasteiger partial charge in [0.25, 0.3) is 0 Å². The van der Waals surface area contributed by atoms with Crippen molar-refractivity contribution in [2.24, 2.45) is 4.99 Å². The highest BCUT2D eigenvalue weighted by Gasteiger charge is 2.13. The summed E-state index contributed by atoms with van der Waals surface area (Å²) in [5, 5.41) is 3.44. The van der Waals surface area contributed by atoms with Crippen LogP contribution in [0.3, 0.4) is 0 Å². The molecule has 1 aromatic rings. The summed E-state index contributed by atoms with van der Waals surface area (Å²) in [5.74, 6) is 2.03. The molecule has 1 aliphatic carbocycles. The van der Waals surface area contributed by atoms with Crippen LogP contribution in [-0.4, -0.2) is 24.7 Å². The number of benzene rings is 1. The van der Waals surface area contributed by atoms with Crippen molar-refractivity contribution in [3.8, 4) is 0 Å². The molecular formula is C21H24N2S. The third-order valence-electron chi connectivity index (χ3n) is 4.10. The molecule has 0 saturated heterocycles. The summed E-state index contributed by atoms with van der Waals surface area (Å²) in [5.41, 5.74) is 4.05. The minimum atomic E-state index is 0.924. The number of rotatable bonds is 5. The fourth-order valence-electron chi connectivity index (χ4n) is 2.80. The standard InChI is InChI=1S/C21H24N2S/c1-2-3-9-17-10-4-5-11-18(17)16-24-20-13-7-6-12-19(20)21-22-14-8-15-23-21/h2-7,9,11-13H,8,10,14-16H2,1H3,(H,22,23)/b3-2-,17-9+. The highest BCUT2D eigenvalue weighted by atomic mass is 32.2. The number of nitrogens with one attached hydrogen (secondary N) is 1. The minimum Gasteiger partial charge on any atom is -0.370 e. The van der Waals surface area contributed by atoms with Gasteiger partial charge >= 0.3 is 0 Å². The van der Waals surface area contributed by atoms with Gasteiger partial charge < -0.3 is 5.32 Å². The second kappa shape index (κ2) is 8.74. The second-order valence-electron chi connectivity index (χ2n) is 5.84. The average Bonchev–Trinajstić information content (AvgIpc) is 2.66. The van der Waals surface area contributed by atoms with Gasteiger partial charge in [-0.15, -0.1) is 11.8 Å². The first-order chi connectivity index (χ1) is 11.9. The van der Waals surface area contributed by atoms with E-state index >= 15 is 0 Å². The van der Waals surface area contributed by atoms with Gasteiger partial charge in [-0.3, -0.25) is 4.99 Å². The van der Waals surface area contributed by atoms with Crippen molar-refractivity contribution in [2.75, 3.05) is 18.8 Å². The zero-order valence-corrected chi connectivity index (χ0v) is 15.0. The van der Waals surface area contributed by atoms with E-state index in [1.165, 1.54) is 21.6 Å². The number of hydrogen-bond donors (Lipinski definition) is 1. The molecular weight excluding hydrogens is 312 g/mol. The van der Waals surface area contributed by atoms with Gasteiger partial charge in [-0.25, -0.2) is 0 Å². The summed E-state index contributed by atoms with van der Waals surface area (Å²) in [6.07, 6.45) is 15.2. The first kappa shape index (κ1) is 16.8. The number of allylic oxidation sites excluding steroid dienone is 7. The molecule has 0 spiro atoms. The predicted molar refractivity (Wildman–Crippen MR) is 106 cm³/mol. The number of aliphatic imine (C=N–C) groups is 1. The highest BCUT2D eigenvalue weighted by molar-refractivity contribution is 7.99. The van der Waals surface area contributed by atoms with Crippen molar-refractivity contribution in [3.05, 3.63) is 77.4 Å². The van der Waals surface area contributed by atoms with Crippen molar-refractivity contribution in [1.82, 2.24) is 5.32 Å². The molecule has 1 N–H and O–H groups in total. The highest BCUT2D eigenvalue weighted by Crippen LogP contribution is 2.30. The van der Waals surface area contributed by atoms with Crippen LogP contribution in [0.2, 0.25) is 0 Å². The Morgan fingerprint density at radius 1 is 1.29 bits per heavy atom. The Bertz CT molecular complexity index is 723. The summed E-state index contributed by atoms with van der Waals surface area (Å²) in [7, 11) is 0. The van der Waals surface area contributed by atoms with E-state index in [9.17, 15) is 0 Å². The van der Waals surface area contributed by atoms with Crippen LogP contribution in [-0.2, 0) is 0 Å². The van der Waals surface area contributed by atoms with Gasteiger partial charge in [-0.1, -0.05) is 54.7 Å². The van der Waals surface area contributed by atoms with E-state index in [1.54, 1.807) is 0 Å². The first-order valence-electron chi connectivity index (χ1n) is 8.57. The Morgan fingerprint density at radius 2 is 2.21 bits per heavy atom. The zero-order chi connectivity index (χ0) is 16.6. The lowest BCUT2D eigenvalue weighted by molar-refractivity contribution is 0.741. The number of amidine groups is 1. The van der Waals surface area contributed by atoms with Crippen molar-refractivity contribution in [3.63, 3.8) is 0 Å². The molecule has 0 radical (unpaired) electrons. The molecule has 0 amide bonds. The van der Waals surface area contributed by atoms with Gasteiger partial charge in [0, 0.05) is 29.3 Å². The monoisotopic (exact) mass is 336 g/mol. The molecule has 2 aliphatic rings.